The van der Waals surface area contributed by atoms with Gasteiger partial charge in [0.25, 0.3) is 10.0 Å². The van der Waals surface area contributed by atoms with Gasteiger partial charge in [-0.05, 0) is 43.7 Å². The highest BCUT2D eigenvalue weighted by atomic mass is 32.2. The van der Waals surface area contributed by atoms with Crippen molar-refractivity contribution in [3.8, 4) is 0 Å². The molecule has 0 fully saturated rings. The van der Waals surface area contributed by atoms with E-state index in [2.05, 4.69) is 11.3 Å². The number of benzene rings is 2. The van der Waals surface area contributed by atoms with E-state index in [1.807, 2.05) is 13.0 Å². The molecule has 0 bridgehead atoms. The third-order valence-electron chi connectivity index (χ3n) is 3.85. The average Bonchev–Trinajstić information content (AvgIpc) is 2.82. The van der Waals surface area contributed by atoms with E-state index < -0.39 is 10.0 Å². The molecule has 0 aliphatic rings. The second-order valence-electron chi connectivity index (χ2n) is 5.82. The van der Waals surface area contributed by atoms with Crippen LogP contribution in [0.15, 0.2) is 58.7 Å². The van der Waals surface area contributed by atoms with Crippen molar-refractivity contribution in [3.05, 3.63) is 69.8 Å². The number of aromatic nitrogens is 1. The minimum absolute atomic E-state index is 0.0933. The van der Waals surface area contributed by atoms with Gasteiger partial charge in [0.1, 0.15) is 0 Å². The van der Waals surface area contributed by atoms with Crippen molar-refractivity contribution < 1.29 is 8.42 Å². The van der Waals surface area contributed by atoms with Crippen molar-refractivity contribution in [2.24, 2.45) is 0 Å². The van der Waals surface area contributed by atoms with Crippen LogP contribution in [0.25, 0.3) is 10.2 Å². The maximum absolute atomic E-state index is 12.7. The first-order valence-electron chi connectivity index (χ1n) is 7.66. The van der Waals surface area contributed by atoms with Crippen LogP contribution in [-0.4, -0.2) is 13.0 Å². The monoisotopic (exact) mass is 374 g/mol. The summed E-state index contributed by atoms with van der Waals surface area (Å²) in [5, 5.41) is 0. The molecule has 0 radical (unpaired) electrons. The highest BCUT2D eigenvalue weighted by molar-refractivity contribution is 7.92. The van der Waals surface area contributed by atoms with Gasteiger partial charge >= 0.3 is 4.87 Å². The highest BCUT2D eigenvalue weighted by Gasteiger charge is 2.17. The van der Waals surface area contributed by atoms with Gasteiger partial charge in [0.15, 0.2) is 0 Å². The Hall–Kier alpha value is -2.38. The minimum atomic E-state index is -3.69. The lowest BCUT2D eigenvalue weighted by Crippen LogP contribution is -2.14. The number of nitrogens with zero attached hydrogens (tertiary/aromatic N) is 1. The fourth-order valence-corrected chi connectivity index (χ4v) is 4.96. The van der Waals surface area contributed by atoms with E-state index in [0.29, 0.717) is 17.8 Å². The zero-order valence-corrected chi connectivity index (χ0v) is 15.6. The van der Waals surface area contributed by atoms with Gasteiger partial charge in [-0.3, -0.25) is 14.1 Å². The van der Waals surface area contributed by atoms with Crippen molar-refractivity contribution >= 4 is 37.3 Å². The number of hydrogen-bond donors (Lipinski definition) is 1. The smallest absolute Gasteiger partial charge is 0.295 e. The highest BCUT2D eigenvalue weighted by Crippen LogP contribution is 2.25. The van der Waals surface area contributed by atoms with Gasteiger partial charge in [-0.15, -0.1) is 6.58 Å². The van der Waals surface area contributed by atoms with Crippen LogP contribution in [0.2, 0.25) is 0 Å². The van der Waals surface area contributed by atoms with Gasteiger partial charge in [-0.1, -0.05) is 35.1 Å². The minimum Gasteiger partial charge on any atom is -0.295 e. The molecule has 0 amide bonds. The first-order valence-corrected chi connectivity index (χ1v) is 9.96. The predicted octanol–water partition coefficient (Wildman–Crippen LogP) is 3.67. The first-order chi connectivity index (χ1) is 11.8. The molecule has 130 valence electrons. The van der Waals surface area contributed by atoms with Gasteiger partial charge in [0, 0.05) is 6.54 Å². The maximum atomic E-state index is 12.7. The summed E-state index contributed by atoms with van der Waals surface area (Å²) in [6, 6.07) is 10.3. The third kappa shape index (κ3) is 3.38. The summed E-state index contributed by atoms with van der Waals surface area (Å²) < 4.78 is 30.2. The fraction of sp³-hybridized carbons (Fsp3) is 0.167. The zero-order chi connectivity index (χ0) is 18.2. The fourth-order valence-electron chi connectivity index (χ4n) is 2.74. The Morgan fingerprint density at radius 1 is 1.20 bits per heavy atom. The summed E-state index contributed by atoms with van der Waals surface area (Å²) in [6.45, 7) is 7.76. The summed E-state index contributed by atoms with van der Waals surface area (Å²) in [4.78, 5) is 12.2. The number of fused-ring (bicyclic) bond motifs is 1. The molecule has 0 aliphatic carbocycles. The molecule has 2 aromatic carbocycles. The van der Waals surface area contributed by atoms with Crippen molar-refractivity contribution in [3.63, 3.8) is 0 Å². The number of rotatable bonds is 5. The Morgan fingerprint density at radius 2 is 1.96 bits per heavy atom. The van der Waals surface area contributed by atoms with Crippen molar-refractivity contribution in [1.29, 1.82) is 0 Å². The Morgan fingerprint density at radius 3 is 2.64 bits per heavy atom. The number of thiazole rings is 1. The van der Waals surface area contributed by atoms with Crippen LogP contribution in [0.3, 0.4) is 0 Å². The lowest BCUT2D eigenvalue weighted by atomic mass is 10.2. The van der Waals surface area contributed by atoms with Gasteiger partial charge in [0.05, 0.1) is 20.8 Å². The van der Waals surface area contributed by atoms with Crippen LogP contribution in [0.5, 0.6) is 0 Å². The molecule has 1 heterocycles. The van der Waals surface area contributed by atoms with Crippen LogP contribution in [0.4, 0.5) is 5.69 Å². The molecule has 1 aromatic heterocycles. The molecule has 0 saturated carbocycles. The topological polar surface area (TPSA) is 68.2 Å². The van der Waals surface area contributed by atoms with E-state index in [1.165, 1.54) is 0 Å². The van der Waals surface area contributed by atoms with E-state index in [9.17, 15) is 13.2 Å². The second kappa shape index (κ2) is 6.50. The Bertz CT molecular complexity index is 1120. The number of allylic oxidation sites excluding steroid dienone is 1. The summed E-state index contributed by atoms with van der Waals surface area (Å²) in [5.41, 5.74) is 2.89. The lowest BCUT2D eigenvalue weighted by molar-refractivity contribution is 0.600. The molecule has 3 aromatic rings. The van der Waals surface area contributed by atoms with Gasteiger partial charge in [-0.2, -0.15) is 0 Å². The van der Waals surface area contributed by atoms with Crippen LogP contribution < -0.4 is 9.60 Å². The van der Waals surface area contributed by atoms with Crippen molar-refractivity contribution in [1.82, 2.24) is 4.57 Å². The van der Waals surface area contributed by atoms with E-state index in [0.717, 1.165) is 27.1 Å². The van der Waals surface area contributed by atoms with Gasteiger partial charge < -0.3 is 0 Å². The summed E-state index contributed by atoms with van der Waals surface area (Å²) in [6.07, 6.45) is 1.66. The molecule has 25 heavy (non-hydrogen) atoms. The van der Waals surface area contributed by atoms with E-state index >= 15 is 0 Å². The maximum Gasteiger partial charge on any atom is 0.308 e. The third-order valence-corrected chi connectivity index (χ3v) is 6.34. The Balaban J connectivity index is 2.00. The normalized spacial score (nSPS) is 11.6. The number of aryl methyl sites for hydroxylation is 2. The Kier molecular flexibility index (Phi) is 4.53. The molecular formula is C18H18N2O3S2. The molecule has 0 spiro atoms. The van der Waals surface area contributed by atoms with Crippen molar-refractivity contribution in [2.45, 2.75) is 25.3 Å². The van der Waals surface area contributed by atoms with E-state index in [4.69, 9.17) is 0 Å². The van der Waals surface area contributed by atoms with Gasteiger partial charge in [0.2, 0.25) is 0 Å². The van der Waals surface area contributed by atoms with Crippen LogP contribution in [0.1, 0.15) is 11.1 Å². The molecule has 1 N–H and O–H groups in total. The quantitative estimate of drug-likeness (QED) is 0.693. The molecule has 0 unspecified atom stereocenters. The summed E-state index contributed by atoms with van der Waals surface area (Å²) >= 11 is 1.08. The number of anilines is 1. The number of sulfonamides is 1. The molecule has 7 heteroatoms. The largest absolute Gasteiger partial charge is 0.308 e. The molecule has 0 atom stereocenters. The first kappa shape index (κ1) is 17.4. The van der Waals surface area contributed by atoms with Crippen LogP contribution in [0, 0.1) is 13.8 Å². The lowest BCUT2D eigenvalue weighted by Gasteiger charge is -2.11. The molecule has 0 saturated heterocycles. The standard InChI is InChI=1S/C18H18N2O3S2/c1-4-9-20-15-7-6-14(11-16(15)24-18(20)21)19-25(22,23)17-8-5-12(2)10-13(17)3/h4-8,10-11,19H,1,9H2,2-3H3. The second-order valence-corrected chi connectivity index (χ2v) is 8.47. The molecule has 3 rings (SSSR count). The van der Waals surface area contributed by atoms with Crippen molar-refractivity contribution in [2.75, 3.05) is 4.72 Å². The predicted molar refractivity (Wildman–Crippen MR) is 103 cm³/mol. The SMILES string of the molecule is C=CCn1c(=O)sc2cc(NS(=O)(=O)c3ccc(C)cc3C)ccc21. The molecule has 0 aliphatic heterocycles. The van der Waals surface area contributed by atoms with E-state index in [-0.39, 0.29) is 9.77 Å². The molecular weight excluding hydrogens is 356 g/mol. The molecule has 5 nitrogen and oxygen atoms in total. The number of nitrogens with one attached hydrogen (secondary N) is 1. The van der Waals surface area contributed by atoms with Gasteiger partial charge in [-0.25, -0.2) is 8.42 Å². The van der Waals surface area contributed by atoms with Crippen LogP contribution >= 0.6 is 11.3 Å². The summed E-state index contributed by atoms with van der Waals surface area (Å²) in [5.74, 6) is 0. The Labute approximate surface area is 150 Å². The average molecular weight is 374 g/mol. The zero-order valence-electron chi connectivity index (χ0n) is 13.9. The summed E-state index contributed by atoms with van der Waals surface area (Å²) in [7, 11) is -3.69. The van der Waals surface area contributed by atoms with E-state index in [1.54, 1.807) is 47.9 Å². The number of hydrogen-bond acceptors (Lipinski definition) is 4. The van der Waals surface area contributed by atoms with Crippen LogP contribution in [-0.2, 0) is 16.6 Å².